The van der Waals surface area contributed by atoms with Crippen LogP contribution in [0.25, 0.3) is 10.9 Å². The molecule has 2 aliphatic rings. The lowest BCUT2D eigenvalue weighted by molar-refractivity contribution is 0.0992. The first-order valence-electron chi connectivity index (χ1n) is 7.83. The van der Waals surface area contributed by atoms with Crippen molar-refractivity contribution in [3.8, 4) is 0 Å². The molecule has 0 spiro atoms. The SMILES string of the molecule is CN1CC2CC(n3nc(C(N)=O)c4ccccc43)CC(C1)N2. The molecule has 2 saturated heterocycles. The third kappa shape index (κ3) is 2.19. The summed E-state index contributed by atoms with van der Waals surface area (Å²) in [6, 6.07) is 9.16. The molecule has 1 amide bonds. The van der Waals surface area contributed by atoms with Crippen LogP contribution in [0.15, 0.2) is 24.3 Å². The molecular weight excluding hydrogens is 278 g/mol. The molecule has 2 aliphatic heterocycles. The summed E-state index contributed by atoms with van der Waals surface area (Å²) in [6.45, 7) is 2.13. The third-order valence-corrected chi connectivity index (χ3v) is 4.84. The minimum atomic E-state index is -0.455. The number of likely N-dealkylation sites (N-methyl/N-ethyl adjacent to an activating group) is 1. The van der Waals surface area contributed by atoms with Crippen LogP contribution >= 0.6 is 0 Å². The van der Waals surface area contributed by atoms with Crippen molar-refractivity contribution in [2.24, 2.45) is 5.73 Å². The van der Waals surface area contributed by atoms with E-state index in [0.29, 0.717) is 23.8 Å². The smallest absolute Gasteiger partial charge is 0.269 e. The van der Waals surface area contributed by atoms with Gasteiger partial charge in [-0.25, -0.2) is 0 Å². The Morgan fingerprint density at radius 2 is 1.95 bits per heavy atom. The number of rotatable bonds is 2. The number of amides is 1. The number of nitrogens with zero attached hydrogens (tertiary/aromatic N) is 3. The van der Waals surface area contributed by atoms with Gasteiger partial charge in [-0.3, -0.25) is 9.48 Å². The normalized spacial score (nSPS) is 28.9. The fraction of sp³-hybridized carbons (Fsp3) is 0.500. The average Bonchev–Trinajstić information content (AvgIpc) is 2.85. The summed E-state index contributed by atoms with van der Waals surface area (Å²) in [7, 11) is 2.18. The van der Waals surface area contributed by atoms with Crippen molar-refractivity contribution in [1.29, 1.82) is 0 Å². The number of carbonyl (C=O) groups is 1. The highest BCUT2D eigenvalue weighted by molar-refractivity contribution is 6.04. The van der Waals surface area contributed by atoms with Gasteiger partial charge in [-0.1, -0.05) is 18.2 Å². The highest BCUT2D eigenvalue weighted by Crippen LogP contribution is 2.31. The van der Waals surface area contributed by atoms with Gasteiger partial charge in [0.1, 0.15) is 0 Å². The molecule has 1 aromatic carbocycles. The van der Waals surface area contributed by atoms with E-state index in [1.807, 2.05) is 28.9 Å². The van der Waals surface area contributed by atoms with Crippen LogP contribution in [0, 0.1) is 0 Å². The number of nitrogens with one attached hydrogen (secondary N) is 1. The fourth-order valence-electron chi connectivity index (χ4n) is 4.05. The molecule has 1 aromatic heterocycles. The molecular formula is C16H21N5O. The number of carbonyl (C=O) groups excluding carboxylic acids is 1. The number of para-hydroxylation sites is 1. The Kier molecular flexibility index (Phi) is 3.16. The van der Waals surface area contributed by atoms with Gasteiger partial charge in [0.25, 0.3) is 5.91 Å². The minimum absolute atomic E-state index is 0.322. The predicted molar refractivity (Wildman–Crippen MR) is 84.7 cm³/mol. The van der Waals surface area contributed by atoms with Gasteiger partial charge in [-0.15, -0.1) is 0 Å². The monoisotopic (exact) mass is 299 g/mol. The van der Waals surface area contributed by atoms with Gasteiger partial charge >= 0.3 is 0 Å². The first-order chi connectivity index (χ1) is 10.6. The lowest BCUT2D eigenvalue weighted by atomic mass is 9.90. The van der Waals surface area contributed by atoms with E-state index in [4.69, 9.17) is 5.73 Å². The van der Waals surface area contributed by atoms with Crippen LogP contribution in [-0.4, -0.2) is 52.8 Å². The van der Waals surface area contributed by atoms with E-state index < -0.39 is 5.91 Å². The summed E-state index contributed by atoms with van der Waals surface area (Å²) in [5.74, 6) is -0.455. The van der Waals surface area contributed by atoms with Crippen LogP contribution in [0.5, 0.6) is 0 Å². The maximum absolute atomic E-state index is 11.7. The quantitative estimate of drug-likeness (QED) is 0.857. The molecule has 6 nitrogen and oxygen atoms in total. The van der Waals surface area contributed by atoms with Crippen molar-refractivity contribution in [1.82, 2.24) is 20.0 Å². The van der Waals surface area contributed by atoms with Crippen LogP contribution in [0.4, 0.5) is 0 Å². The Balaban J connectivity index is 1.74. The first kappa shape index (κ1) is 13.7. The van der Waals surface area contributed by atoms with E-state index in [9.17, 15) is 4.79 Å². The fourth-order valence-corrected chi connectivity index (χ4v) is 4.05. The van der Waals surface area contributed by atoms with Crippen LogP contribution in [0.2, 0.25) is 0 Å². The molecule has 2 bridgehead atoms. The van der Waals surface area contributed by atoms with E-state index >= 15 is 0 Å². The second kappa shape index (κ2) is 5.07. The van der Waals surface area contributed by atoms with Crippen molar-refractivity contribution in [3.05, 3.63) is 30.0 Å². The lowest BCUT2D eigenvalue weighted by Crippen LogP contribution is -2.59. The Morgan fingerprint density at radius 3 is 2.64 bits per heavy atom. The van der Waals surface area contributed by atoms with Crippen molar-refractivity contribution >= 4 is 16.8 Å². The van der Waals surface area contributed by atoms with Crippen LogP contribution in [0.1, 0.15) is 29.4 Å². The molecule has 2 unspecified atom stereocenters. The zero-order valence-corrected chi connectivity index (χ0v) is 12.7. The molecule has 2 aromatic rings. The average molecular weight is 299 g/mol. The largest absolute Gasteiger partial charge is 0.364 e. The second-order valence-electron chi connectivity index (χ2n) is 6.58. The first-order valence-corrected chi connectivity index (χ1v) is 7.83. The van der Waals surface area contributed by atoms with E-state index in [0.717, 1.165) is 36.8 Å². The summed E-state index contributed by atoms with van der Waals surface area (Å²) >= 11 is 0. The molecule has 0 aliphatic carbocycles. The van der Waals surface area contributed by atoms with Crippen LogP contribution in [0.3, 0.4) is 0 Å². The number of likely N-dealkylation sites (tertiary alicyclic amines) is 1. The molecule has 22 heavy (non-hydrogen) atoms. The maximum atomic E-state index is 11.7. The standard InChI is InChI=1S/C16H21N5O/c1-20-8-10-6-12(7-11(9-20)18-10)21-14-5-3-2-4-13(14)15(19-21)16(17)22/h2-5,10-12,18H,6-9H2,1H3,(H2,17,22). The number of hydrogen-bond acceptors (Lipinski definition) is 4. The number of piperidine rings is 1. The number of nitrogens with two attached hydrogens (primary N) is 1. The van der Waals surface area contributed by atoms with Gasteiger partial charge in [0.15, 0.2) is 5.69 Å². The number of hydrogen-bond donors (Lipinski definition) is 2. The highest BCUT2D eigenvalue weighted by Gasteiger charge is 2.35. The van der Waals surface area contributed by atoms with E-state index in [2.05, 4.69) is 22.4 Å². The molecule has 0 saturated carbocycles. The summed E-state index contributed by atoms with van der Waals surface area (Å²) in [4.78, 5) is 14.1. The number of aromatic nitrogens is 2. The summed E-state index contributed by atoms with van der Waals surface area (Å²) in [6.07, 6.45) is 2.06. The number of primary amides is 1. The van der Waals surface area contributed by atoms with Crippen LogP contribution in [-0.2, 0) is 0 Å². The second-order valence-corrected chi connectivity index (χ2v) is 6.58. The molecule has 3 heterocycles. The Hall–Kier alpha value is -1.92. The van der Waals surface area contributed by atoms with Gasteiger partial charge in [-0.2, -0.15) is 5.10 Å². The van der Waals surface area contributed by atoms with E-state index in [1.54, 1.807) is 0 Å². The molecule has 116 valence electrons. The van der Waals surface area contributed by atoms with Crippen molar-refractivity contribution in [3.63, 3.8) is 0 Å². The molecule has 2 atom stereocenters. The Morgan fingerprint density at radius 1 is 1.27 bits per heavy atom. The zero-order chi connectivity index (χ0) is 15.3. The third-order valence-electron chi connectivity index (χ3n) is 4.84. The topological polar surface area (TPSA) is 76.2 Å². The molecule has 3 N–H and O–H groups in total. The van der Waals surface area contributed by atoms with Crippen LogP contribution < -0.4 is 11.1 Å². The van der Waals surface area contributed by atoms with Gasteiger partial charge in [0.2, 0.25) is 0 Å². The zero-order valence-electron chi connectivity index (χ0n) is 12.7. The van der Waals surface area contributed by atoms with Crippen molar-refractivity contribution < 1.29 is 4.79 Å². The molecule has 4 rings (SSSR count). The highest BCUT2D eigenvalue weighted by atomic mass is 16.1. The minimum Gasteiger partial charge on any atom is -0.364 e. The summed E-state index contributed by atoms with van der Waals surface area (Å²) in [5, 5.41) is 9.10. The number of piperazine rings is 1. The van der Waals surface area contributed by atoms with Gasteiger partial charge in [0, 0.05) is 30.6 Å². The van der Waals surface area contributed by atoms with Crippen molar-refractivity contribution in [2.45, 2.75) is 31.0 Å². The van der Waals surface area contributed by atoms with E-state index in [-0.39, 0.29) is 0 Å². The predicted octanol–water partition coefficient (Wildman–Crippen LogP) is 0.742. The summed E-state index contributed by atoms with van der Waals surface area (Å²) < 4.78 is 2.03. The molecule has 6 heteroatoms. The number of benzene rings is 1. The Labute approximate surface area is 129 Å². The maximum Gasteiger partial charge on any atom is 0.269 e. The summed E-state index contributed by atoms with van der Waals surface area (Å²) in [5.41, 5.74) is 6.89. The Bertz CT molecular complexity index is 706. The van der Waals surface area contributed by atoms with Gasteiger partial charge in [-0.05, 0) is 26.0 Å². The van der Waals surface area contributed by atoms with Gasteiger partial charge < -0.3 is 16.0 Å². The molecule has 2 fully saturated rings. The van der Waals surface area contributed by atoms with Crippen molar-refractivity contribution in [2.75, 3.05) is 20.1 Å². The van der Waals surface area contributed by atoms with Gasteiger partial charge in [0.05, 0.1) is 11.6 Å². The van der Waals surface area contributed by atoms with E-state index in [1.165, 1.54) is 0 Å². The molecule has 0 radical (unpaired) electrons. The lowest BCUT2D eigenvalue weighted by Gasteiger charge is -2.44. The number of fused-ring (bicyclic) bond motifs is 3.